The van der Waals surface area contributed by atoms with Gasteiger partial charge >= 0.3 is 5.97 Å². The van der Waals surface area contributed by atoms with Crippen LogP contribution in [0.5, 0.6) is 0 Å². The number of hydrogen-bond donors (Lipinski definition) is 1. The number of rotatable bonds is 3. The molecule has 0 amide bonds. The molecule has 2 rings (SSSR count). The van der Waals surface area contributed by atoms with Crippen LogP contribution in [0.1, 0.15) is 19.3 Å². The molecule has 1 heterocycles. The predicted octanol–water partition coefficient (Wildman–Crippen LogP) is 1.20. The fourth-order valence-electron chi connectivity index (χ4n) is 2.48. The van der Waals surface area contributed by atoms with Crippen molar-refractivity contribution in [2.45, 2.75) is 19.3 Å². The molecule has 86 valence electrons. The second-order valence-corrected chi connectivity index (χ2v) is 4.31. The van der Waals surface area contributed by atoms with Gasteiger partial charge in [-0.1, -0.05) is 6.08 Å². The molecule has 1 atom stereocenters. The van der Waals surface area contributed by atoms with Gasteiger partial charge in [-0.25, -0.2) is 0 Å². The molecule has 0 saturated carbocycles. The van der Waals surface area contributed by atoms with Crippen molar-refractivity contribution in [3.05, 3.63) is 23.4 Å². The van der Waals surface area contributed by atoms with Crippen molar-refractivity contribution < 1.29 is 14.7 Å². The van der Waals surface area contributed by atoms with E-state index in [1.54, 1.807) is 6.08 Å². The van der Waals surface area contributed by atoms with E-state index in [4.69, 9.17) is 5.11 Å². The van der Waals surface area contributed by atoms with E-state index in [0.717, 1.165) is 43.4 Å². The van der Waals surface area contributed by atoms with Crippen LogP contribution in [-0.4, -0.2) is 35.4 Å². The molecule has 1 aliphatic heterocycles. The second-order valence-electron chi connectivity index (χ2n) is 4.31. The number of hydrogen-bond acceptors (Lipinski definition) is 3. The normalized spacial score (nSPS) is 24.2. The van der Waals surface area contributed by atoms with Crippen LogP contribution in [0.15, 0.2) is 23.4 Å². The lowest BCUT2D eigenvalue weighted by Crippen LogP contribution is -2.37. The topological polar surface area (TPSA) is 57.6 Å². The summed E-state index contributed by atoms with van der Waals surface area (Å²) < 4.78 is 0. The Kier molecular flexibility index (Phi) is 3.08. The molecule has 1 aliphatic carbocycles. The number of piperidine rings is 1. The van der Waals surface area contributed by atoms with Gasteiger partial charge in [-0.3, -0.25) is 9.59 Å². The number of likely N-dealkylation sites (tertiary alicyclic amines) is 1. The molecule has 0 radical (unpaired) electrons. The third kappa shape index (κ3) is 2.15. The first kappa shape index (κ1) is 10.9. The molecule has 1 unspecified atom stereocenters. The van der Waals surface area contributed by atoms with Crippen LogP contribution in [0.2, 0.25) is 0 Å². The molecular weight excluding hydrogens is 206 g/mol. The summed E-state index contributed by atoms with van der Waals surface area (Å²) in [6, 6.07) is 0. The molecule has 0 aromatic heterocycles. The van der Waals surface area contributed by atoms with Crippen molar-refractivity contribution in [3.8, 4) is 0 Å². The maximum Gasteiger partial charge on any atom is 0.323 e. The number of carbonyl (C=O) groups is 2. The van der Waals surface area contributed by atoms with E-state index in [1.807, 2.05) is 11.0 Å². The van der Waals surface area contributed by atoms with Crippen LogP contribution < -0.4 is 0 Å². The van der Waals surface area contributed by atoms with Gasteiger partial charge in [-0.2, -0.15) is 0 Å². The number of aliphatic carboxylic acids is 1. The highest BCUT2D eigenvalue weighted by Crippen LogP contribution is 2.34. The summed E-state index contributed by atoms with van der Waals surface area (Å²) in [6.07, 6.45) is 7.41. The first-order valence-electron chi connectivity index (χ1n) is 5.53. The summed E-state index contributed by atoms with van der Waals surface area (Å²) in [7, 11) is 0. The molecule has 2 aliphatic rings. The lowest BCUT2D eigenvalue weighted by atomic mass is 9.84. The molecule has 1 fully saturated rings. The van der Waals surface area contributed by atoms with E-state index in [2.05, 4.69) is 0 Å². The smallest absolute Gasteiger partial charge is 0.323 e. The van der Waals surface area contributed by atoms with Gasteiger partial charge in [-0.05, 0) is 30.9 Å². The highest BCUT2D eigenvalue weighted by Gasteiger charge is 2.28. The van der Waals surface area contributed by atoms with Crippen molar-refractivity contribution in [1.82, 2.24) is 4.90 Å². The number of allylic oxidation sites excluding steroid dienone is 4. The number of fused-ring (bicyclic) bond motifs is 1. The molecule has 4 heteroatoms. The van der Waals surface area contributed by atoms with Crippen molar-refractivity contribution >= 4 is 12.3 Å². The monoisotopic (exact) mass is 221 g/mol. The van der Waals surface area contributed by atoms with Gasteiger partial charge in [0.25, 0.3) is 0 Å². The Morgan fingerprint density at radius 3 is 3.06 bits per heavy atom. The SMILES string of the molecule is O=CC1=CC=C2C(CCCN2CC(=O)O)C1. The fourth-order valence-corrected chi connectivity index (χ4v) is 2.48. The summed E-state index contributed by atoms with van der Waals surface area (Å²) >= 11 is 0. The van der Waals surface area contributed by atoms with Gasteiger partial charge in [0, 0.05) is 18.2 Å². The van der Waals surface area contributed by atoms with Crippen LogP contribution in [0.3, 0.4) is 0 Å². The highest BCUT2D eigenvalue weighted by molar-refractivity contribution is 5.74. The minimum absolute atomic E-state index is 0.0621. The second kappa shape index (κ2) is 4.51. The first-order valence-corrected chi connectivity index (χ1v) is 5.53. The average molecular weight is 221 g/mol. The molecule has 0 bridgehead atoms. The number of carboxylic acid groups (broad SMARTS) is 1. The van der Waals surface area contributed by atoms with Gasteiger partial charge in [0.2, 0.25) is 0 Å². The Morgan fingerprint density at radius 1 is 1.56 bits per heavy atom. The zero-order valence-corrected chi connectivity index (χ0v) is 9.06. The summed E-state index contributed by atoms with van der Waals surface area (Å²) in [4.78, 5) is 23.3. The number of carbonyl (C=O) groups excluding carboxylic acids is 1. The maximum atomic E-state index is 10.7. The van der Waals surface area contributed by atoms with E-state index in [1.165, 1.54) is 0 Å². The zero-order chi connectivity index (χ0) is 11.5. The van der Waals surface area contributed by atoms with Crippen molar-refractivity contribution in [2.24, 2.45) is 5.92 Å². The maximum absolute atomic E-state index is 10.7. The number of carboxylic acids is 1. The van der Waals surface area contributed by atoms with Gasteiger partial charge in [0.1, 0.15) is 12.8 Å². The van der Waals surface area contributed by atoms with Gasteiger partial charge < -0.3 is 10.0 Å². The summed E-state index contributed by atoms with van der Waals surface area (Å²) in [5, 5.41) is 8.81. The fraction of sp³-hybridized carbons (Fsp3) is 0.500. The van der Waals surface area contributed by atoms with E-state index in [9.17, 15) is 9.59 Å². The lowest BCUT2D eigenvalue weighted by molar-refractivity contribution is -0.138. The van der Waals surface area contributed by atoms with Crippen LogP contribution in [0, 0.1) is 5.92 Å². The summed E-state index contributed by atoms with van der Waals surface area (Å²) in [5.74, 6) is -0.468. The van der Waals surface area contributed by atoms with Crippen LogP contribution in [-0.2, 0) is 9.59 Å². The molecule has 16 heavy (non-hydrogen) atoms. The molecule has 0 aromatic carbocycles. The standard InChI is InChI=1S/C12H15NO3/c14-8-9-3-4-11-10(6-9)2-1-5-13(11)7-12(15)16/h3-4,8,10H,1-2,5-7H2,(H,15,16). The van der Waals surface area contributed by atoms with Crippen molar-refractivity contribution in [3.63, 3.8) is 0 Å². The Labute approximate surface area is 94.2 Å². The van der Waals surface area contributed by atoms with Crippen LogP contribution in [0.4, 0.5) is 0 Å². The molecule has 1 N–H and O–H groups in total. The van der Waals surface area contributed by atoms with E-state index < -0.39 is 5.97 Å². The Morgan fingerprint density at radius 2 is 2.38 bits per heavy atom. The van der Waals surface area contributed by atoms with E-state index in [0.29, 0.717) is 5.92 Å². The van der Waals surface area contributed by atoms with Gasteiger partial charge in [0.05, 0.1) is 0 Å². The Hall–Kier alpha value is -1.58. The Bertz CT molecular complexity index is 370. The molecule has 4 nitrogen and oxygen atoms in total. The quantitative estimate of drug-likeness (QED) is 0.727. The zero-order valence-electron chi connectivity index (χ0n) is 9.06. The average Bonchev–Trinajstić information content (AvgIpc) is 2.28. The van der Waals surface area contributed by atoms with Gasteiger partial charge in [0.15, 0.2) is 0 Å². The minimum atomic E-state index is -0.799. The van der Waals surface area contributed by atoms with Crippen LogP contribution >= 0.6 is 0 Å². The van der Waals surface area contributed by atoms with Crippen LogP contribution in [0.25, 0.3) is 0 Å². The molecular formula is C12H15NO3. The molecule has 0 spiro atoms. The summed E-state index contributed by atoms with van der Waals surface area (Å²) in [5.41, 5.74) is 1.89. The van der Waals surface area contributed by atoms with Gasteiger partial charge in [-0.15, -0.1) is 0 Å². The summed E-state index contributed by atoms with van der Waals surface area (Å²) in [6.45, 7) is 0.867. The third-order valence-electron chi connectivity index (χ3n) is 3.19. The first-order chi connectivity index (χ1) is 7.70. The molecule has 1 saturated heterocycles. The molecule has 0 aromatic rings. The van der Waals surface area contributed by atoms with E-state index >= 15 is 0 Å². The lowest BCUT2D eigenvalue weighted by Gasteiger charge is -2.37. The third-order valence-corrected chi connectivity index (χ3v) is 3.19. The highest BCUT2D eigenvalue weighted by atomic mass is 16.4. The Balaban J connectivity index is 2.17. The minimum Gasteiger partial charge on any atom is -0.480 e. The number of aldehydes is 1. The van der Waals surface area contributed by atoms with Crippen molar-refractivity contribution in [1.29, 1.82) is 0 Å². The largest absolute Gasteiger partial charge is 0.480 e. The van der Waals surface area contributed by atoms with Crippen molar-refractivity contribution in [2.75, 3.05) is 13.1 Å². The number of nitrogens with zero attached hydrogens (tertiary/aromatic N) is 1. The van der Waals surface area contributed by atoms with E-state index in [-0.39, 0.29) is 6.54 Å². The predicted molar refractivity (Wildman–Crippen MR) is 58.8 cm³/mol.